The Balaban J connectivity index is 2.29. The molecule has 0 aliphatic heterocycles. The summed E-state index contributed by atoms with van der Waals surface area (Å²) in [5.41, 5.74) is 2.21. The van der Waals surface area contributed by atoms with Gasteiger partial charge in [-0.3, -0.25) is 0 Å². The van der Waals surface area contributed by atoms with Crippen molar-refractivity contribution in [2.24, 2.45) is 0 Å². The summed E-state index contributed by atoms with van der Waals surface area (Å²) in [6.07, 6.45) is 3.75. The second-order valence-corrected chi connectivity index (χ2v) is 4.06. The molecular formula is C14H11NO2. The van der Waals surface area contributed by atoms with Gasteiger partial charge in [0.2, 0.25) is 0 Å². The van der Waals surface area contributed by atoms with Crippen molar-refractivity contribution in [3.05, 3.63) is 64.8 Å². The first-order valence-corrected chi connectivity index (χ1v) is 5.42. The van der Waals surface area contributed by atoms with Crippen LogP contribution in [0.5, 0.6) is 0 Å². The van der Waals surface area contributed by atoms with E-state index in [2.05, 4.69) is 0 Å². The molecule has 3 nitrogen and oxygen atoms in total. The fraction of sp³-hybridized carbons (Fsp3) is 0.0714. The molecule has 0 N–H and O–H groups in total. The summed E-state index contributed by atoms with van der Waals surface area (Å²) in [7, 11) is 0. The fourth-order valence-electron chi connectivity index (χ4n) is 1.93. The van der Waals surface area contributed by atoms with Gasteiger partial charge in [-0.2, -0.15) is 0 Å². The van der Waals surface area contributed by atoms with Crippen LogP contribution in [0.4, 0.5) is 0 Å². The van der Waals surface area contributed by atoms with Crippen molar-refractivity contribution in [1.29, 1.82) is 0 Å². The van der Waals surface area contributed by atoms with E-state index in [1.165, 1.54) is 0 Å². The smallest absolute Gasteiger partial charge is 0.360 e. The Hall–Kier alpha value is -2.29. The van der Waals surface area contributed by atoms with E-state index in [-0.39, 0.29) is 5.63 Å². The molecule has 0 fully saturated rings. The fourth-order valence-corrected chi connectivity index (χ4v) is 1.93. The molecule has 0 bridgehead atoms. The number of nitrogens with zero attached hydrogens (tertiary/aromatic N) is 1. The quantitative estimate of drug-likeness (QED) is 0.638. The highest BCUT2D eigenvalue weighted by Crippen LogP contribution is 2.18. The van der Waals surface area contributed by atoms with Crippen molar-refractivity contribution in [1.82, 2.24) is 4.40 Å². The molecule has 2 heterocycles. The molecule has 0 spiro atoms. The molecule has 84 valence electrons. The van der Waals surface area contributed by atoms with Gasteiger partial charge in [-0.1, -0.05) is 30.3 Å². The number of fused-ring (bicyclic) bond motifs is 1. The van der Waals surface area contributed by atoms with Crippen LogP contribution in [0.3, 0.4) is 0 Å². The van der Waals surface area contributed by atoms with Gasteiger partial charge in [0.1, 0.15) is 5.52 Å². The van der Waals surface area contributed by atoms with Crippen LogP contribution in [-0.2, 0) is 0 Å². The van der Waals surface area contributed by atoms with Crippen molar-refractivity contribution < 1.29 is 4.42 Å². The number of hydrogen-bond donors (Lipinski definition) is 0. The Labute approximate surface area is 97.9 Å². The average molecular weight is 225 g/mol. The largest absolute Gasteiger partial charge is 0.420 e. The molecule has 17 heavy (non-hydrogen) atoms. The van der Waals surface area contributed by atoms with E-state index in [1.807, 2.05) is 60.1 Å². The predicted octanol–water partition coefficient (Wildman–Crippen LogP) is 2.87. The Kier molecular flexibility index (Phi) is 2.11. The summed E-state index contributed by atoms with van der Waals surface area (Å²) in [5.74, 6) is 0.582. The second-order valence-electron chi connectivity index (χ2n) is 4.06. The summed E-state index contributed by atoms with van der Waals surface area (Å²) < 4.78 is 7.12. The minimum absolute atomic E-state index is 0.306. The molecule has 0 saturated heterocycles. The SMILES string of the molecule is Cc1cc2c(=O)oc(-c3ccccc3)cn2c1. The zero-order valence-corrected chi connectivity index (χ0v) is 9.38. The maximum absolute atomic E-state index is 11.8. The number of hydrogen-bond acceptors (Lipinski definition) is 2. The Morgan fingerprint density at radius 3 is 2.65 bits per heavy atom. The first-order chi connectivity index (χ1) is 8.24. The number of aryl methyl sites for hydroxylation is 1. The molecule has 0 aliphatic rings. The van der Waals surface area contributed by atoms with Crippen molar-refractivity contribution in [2.45, 2.75) is 6.92 Å². The normalized spacial score (nSPS) is 10.9. The lowest BCUT2D eigenvalue weighted by molar-refractivity contribution is 0.525. The predicted molar refractivity (Wildman–Crippen MR) is 66.1 cm³/mol. The van der Waals surface area contributed by atoms with Gasteiger partial charge in [0, 0.05) is 11.8 Å². The van der Waals surface area contributed by atoms with E-state index in [0.29, 0.717) is 11.3 Å². The second kappa shape index (κ2) is 3.63. The molecule has 0 radical (unpaired) electrons. The van der Waals surface area contributed by atoms with E-state index in [0.717, 1.165) is 11.1 Å². The molecular weight excluding hydrogens is 214 g/mol. The van der Waals surface area contributed by atoms with Crippen LogP contribution in [-0.4, -0.2) is 4.40 Å². The van der Waals surface area contributed by atoms with Gasteiger partial charge in [-0.15, -0.1) is 0 Å². The molecule has 0 saturated carbocycles. The van der Waals surface area contributed by atoms with Gasteiger partial charge >= 0.3 is 5.63 Å². The topological polar surface area (TPSA) is 34.6 Å². The van der Waals surface area contributed by atoms with Crippen LogP contribution >= 0.6 is 0 Å². The lowest BCUT2D eigenvalue weighted by Gasteiger charge is -2.00. The summed E-state index contributed by atoms with van der Waals surface area (Å²) in [4.78, 5) is 11.8. The van der Waals surface area contributed by atoms with E-state index < -0.39 is 0 Å². The van der Waals surface area contributed by atoms with Gasteiger partial charge in [0.15, 0.2) is 5.76 Å². The van der Waals surface area contributed by atoms with Crippen molar-refractivity contribution in [3.8, 4) is 11.3 Å². The molecule has 3 heteroatoms. The molecule has 3 aromatic rings. The molecule has 0 atom stereocenters. The first-order valence-electron chi connectivity index (χ1n) is 5.42. The van der Waals surface area contributed by atoms with Crippen molar-refractivity contribution in [2.75, 3.05) is 0 Å². The molecule has 0 aliphatic carbocycles. The molecule has 2 aromatic heterocycles. The van der Waals surface area contributed by atoms with Gasteiger partial charge in [0.05, 0.1) is 6.20 Å². The first kappa shape index (κ1) is 9.90. The summed E-state index contributed by atoms with van der Waals surface area (Å²) in [6, 6.07) is 11.4. The molecule has 3 rings (SSSR count). The number of rotatable bonds is 1. The van der Waals surface area contributed by atoms with Crippen LogP contribution in [0.15, 0.2) is 58.0 Å². The van der Waals surface area contributed by atoms with E-state index >= 15 is 0 Å². The third-order valence-electron chi connectivity index (χ3n) is 2.71. The van der Waals surface area contributed by atoms with Crippen LogP contribution in [0, 0.1) is 6.92 Å². The third-order valence-corrected chi connectivity index (χ3v) is 2.71. The van der Waals surface area contributed by atoms with E-state index in [4.69, 9.17) is 4.42 Å². The highest BCUT2D eigenvalue weighted by atomic mass is 16.4. The van der Waals surface area contributed by atoms with Crippen LogP contribution < -0.4 is 5.63 Å². The lowest BCUT2D eigenvalue weighted by Crippen LogP contribution is -2.03. The van der Waals surface area contributed by atoms with Gasteiger partial charge < -0.3 is 8.82 Å². The molecule has 1 aromatic carbocycles. The van der Waals surface area contributed by atoms with Crippen LogP contribution in [0.25, 0.3) is 16.8 Å². The van der Waals surface area contributed by atoms with E-state index in [1.54, 1.807) is 0 Å². The lowest BCUT2D eigenvalue weighted by atomic mass is 10.2. The third kappa shape index (κ3) is 1.65. The van der Waals surface area contributed by atoms with Crippen LogP contribution in [0.1, 0.15) is 5.56 Å². The van der Waals surface area contributed by atoms with E-state index in [9.17, 15) is 4.79 Å². The monoisotopic (exact) mass is 225 g/mol. The Morgan fingerprint density at radius 2 is 1.88 bits per heavy atom. The maximum atomic E-state index is 11.8. The van der Waals surface area contributed by atoms with Gasteiger partial charge in [0.25, 0.3) is 0 Å². The molecule has 0 amide bonds. The minimum Gasteiger partial charge on any atom is -0.420 e. The zero-order valence-electron chi connectivity index (χ0n) is 9.38. The summed E-state index contributed by atoms with van der Waals surface area (Å²) in [6.45, 7) is 1.95. The standard InChI is InChI=1S/C14H11NO2/c1-10-7-12-14(16)17-13(9-15(12)8-10)11-5-3-2-4-6-11/h2-9H,1H3. The minimum atomic E-state index is -0.306. The van der Waals surface area contributed by atoms with Crippen LogP contribution in [0.2, 0.25) is 0 Å². The van der Waals surface area contributed by atoms with Gasteiger partial charge in [-0.25, -0.2) is 4.79 Å². The van der Waals surface area contributed by atoms with Crippen molar-refractivity contribution >= 4 is 5.52 Å². The highest BCUT2D eigenvalue weighted by molar-refractivity contribution is 5.58. The number of aromatic nitrogens is 1. The molecule has 0 unspecified atom stereocenters. The zero-order chi connectivity index (χ0) is 11.8. The van der Waals surface area contributed by atoms with Gasteiger partial charge in [-0.05, 0) is 18.6 Å². The van der Waals surface area contributed by atoms with Crippen molar-refractivity contribution in [3.63, 3.8) is 0 Å². The number of benzene rings is 1. The Bertz CT molecular complexity index is 723. The summed E-state index contributed by atoms with van der Waals surface area (Å²) >= 11 is 0. The average Bonchev–Trinajstić information content (AvgIpc) is 2.71. The highest BCUT2D eigenvalue weighted by Gasteiger charge is 2.06. The Morgan fingerprint density at radius 1 is 1.12 bits per heavy atom. The maximum Gasteiger partial charge on any atom is 0.360 e. The summed E-state index contributed by atoms with van der Waals surface area (Å²) in [5, 5.41) is 0.